The maximum absolute atomic E-state index is 12.9. The van der Waals surface area contributed by atoms with Gasteiger partial charge in [0.15, 0.2) is 0 Å². The zero-order chi connectivity index (χ0) is 19.7. The van der Waals surface area contributed by atoms with Crippen molar-refractivity contribution in [3.05, 3.63) is 98.2 Å². The van der Waals surface area contributed by atoms with Gasteiger partial charge in [-0.15, -0.1) is 0 Å². The van der Waals surface area contributed by atoms with E-state index < -0.39 is 0 Å². The third-order valence-corrected chi connectivity index (χ3v) is 5.40. The first kappa shape index (κ1) is 18.2. The Labute approximate surface area is 164 Å². The van der Waals surface area contributed by atoms with E-state index in [0.29, 0.717) is 42.9 Å². The summed E-state index contributed by atoms with van der Waals surface area (Å²) in [5.74, 6) is 0.642. The van der Waals surface area contributed by atoms with Crippen LogP contribution in [0.4, 0.5) is 0 Å². The molecule has 0 aliphatic carbocycles. The number of aryl methyl sites for hydroxylation is 2. The van der Waals surface area contributed by atoms with Crippen LogP contribution in [0.5, 0.6) is 0 Å². The molecular weight excluding hydrogens is 350 g/mol. The van der Waals surface area contributed by atoms with Gasteiger partial charge in [-0.2, -0.15) is 0 Å². The van der Waals surface area contributed by atoms with E-state index in [4.69, 9.17) is 4.98 Å². The van der Waals surface area contributed by atoms with Crippen LogP contribution in [0.2, 0.25) is 0 Å². The number of hydrogen-bond acceptors (Lipinski definition) is 3. The molecule has 0 unspecified atom stereocenters. The Morgan fingerprint density at radius 1 is 1.07 bits per heavy atom. The van der Waals surface area contributed by atoms with E-state index in [1.807, 2.05) is 43.3 Å². The molecule has 1 aliphatic heterocycles. The van der Waals surface area contributed by atoms with E-state index >= 15 is 0 Å². The number of aromatic amines is 1. The second kappa shape index (κ2) is 7.43. The fourth-order valence-electron chi connectivity index (χ4n) is 3.71. The Kier molecular flexibility index (Phi) is 4.82. The number of fused-ring (bicyclic) bond motifs is 1. The largest absolute Gasteiger partial charge is 0.334 e. The molecule has 0 saturated carbocycles. The number of nitrogens with zero attached hydrogens (tertiary/aromatic N) is 2. The van der Waals surface area contributed by atoms with E-state index in [1.165, 1.54) is 5.56 Å². The van der Waals surface area contributed by atoms with Crippen LogP contribution in [-0.2, 0) is 19.4 Å². The molecule has 5 nitrogen and oxygen atoms in total. The minimum absolute atomic E-state index is 0.0351. The van der Waals surface area contributed by atoms with Crippen LogP contribution in [-0.4, -0.2) is 27.3 Å². The maximum Gasteiger partial charge on any atom is 0.256 e. The van der Waals surface area contributed by atoms with Crippen LogP contribution < -0.4 is 5.56 Å². The summed E-state index contributed by atoms with van der Waals surface area (Å²) in [7, 11) is 0. The van der Waals surface area contributed by atoms with Gasteiger partial charge < -0.3 is 9.88 Å². The summed E-state index contributed by atoms with van der Waals surface area (Å²) in [6, 6.07) is 15.7. The lowest BCUT2D eigenvalue weighted by molar-refractivity contribution is 0.0731. The Morgan fingerprint density at radius 3 is 2.54 bits per heavy atom. The number of aromatic nitrogens is 2. The van der Waals surface area contributed by atoms with Crippen molar-refractivity contribution in [3.63, 3.8) is 0 Å². The van der Waals surface area contributed by atoms with Gasteiger partial charge in [-0.3, -0.25) is 9.59 Å². The van der Waals surface area contributed by atoms with Crippen LogP contribution >= 0.6 is 0 Å². The molecule has 1 N–H and O–H groups in total. The zero-order valence-electron chi connectivity index (χ0n) is 16.2. The highest BCUT2D eigenvalue weighted by atomic mass is 16.2. The van der Waals surface area contributed by atoms with Crippen molar-refractivity contribution in [2.75, 3.05) is 6.54 Å². The summed E-state index contributed by atoms with van der Waals surface area (Å²) in [4.78, 5) is 34.9. The van der Waals surface area contributed by atoms with Crippen LogP contribution in [0, 0.1) is 13.8 Å². The number of rotatable bonds is 3. The number of hydrogen-bond donors (Lipinski definition) is 1. The minimum atomic E-state index is -0.143. The molecule has 4 rings (SSSR count). The van der Waals surface area contributed by atoms with Gasteiger partial charge in [0, 0.05) is 24.9 Å². The molecule has 28 heavy (non-hydrogen) atoms. The first-order valence-corrected chi connectivity index (χ1v) is 9.53. The number of amides is 1. The van der Waals surface area contributed by atoms with E-state index in [0.717, 1.165) is 16.8 Å². The van der Waals surface area contributed by atoms with Gasteiger partial charge in [0.25, 0.3) is 11.5 Å². The molecule has 1 amide bonds. The fourth-order valence-corrected chi connectivity index (χ4v) is 3.71. The molecule has 0 radical (unpaired) electrons. The topological polar surface area (TPSA) is 66.1 Å². The van der Waals surface area contributed by atoms with Gasteiger partial charge in [0.05, 0.1) is 17.8 Å². The summed E-state index contributed by atoms with van der Waals surface area (Å²) in [5, 5.41) is 0. The predicted octanol–water partition coefficient (Wildman–Crippen LogP) is 3.18. The fraction of sp³-hybridized carbons (Fsp3) is 0.261. The highest BCUT2D eigenvalue weighted by molar-refractivity contribution is 5.95. The Balaban J connectivity index is 1.58. The molecule has 0 saturated heterocycles. The lowest BCUT2D eigenvalue weighted by Gasteiger charge is -2.28. The zero-order valence-corrected chi connectivity index (χ0v) is 16.2. The Hall–Kier alpha value is -3.21. The highest BCUT2D eigenvalue weighted by Crippen LogP contribution is 2.19. The molecule has 142 valence electrons. The Morgan fingerprint density at radius 2 is 1.79 bits per heavy atom. The number of nitrogens with one attached hydrogen (secondary N) is 1. The predicted molar refractivity (Wildman–Crippen MR) is 108 cm³/mol. The molecule has 1 aromatic heterocycles. The third-order valence-electron chi connectivity index (χ3n) is 5.40. The molecular formula is C23H23N3O2. The van der Waals surface area contributed by atoms with Gasteiger partial charge in [0.2, 0.25) is 0 Å². The molecule has 0 bridgehead atoms. The highest BCUT2D eigenvalue weighted by Gasteiger charge is 2.26. The smallest absolute Gasteiger partial charge is 0.256 e. The van der Waals surface area contributed by atoms with Crippen molar-refractivity contribution in [1.29, 1.82) is 0 Å². The first-order valence-electron chi connectivity index (χ1n) is 9.53. The van der Waals surface area contributed by atoms with Crippen LogP contribution in [0.3, 0.4) is 0 Å². The lowest BCUT2D eigenvalue weighted by atomic mass is 10.0. The van der Waals surface area contributed by atoms with Crippen molar-refractivity contribution in [1.82, 2.24) is 14.9 Å². The normalized spacial score (nSPS) is 13.3. The molecule has 0 spiro atoms. The lowest BCUT2D eigenvalue weighted by Crippen LogP contribution is -2.40. The summed E-state index contributed by atoms with van der Waals surface area (Å²) < 4.78 is 0. The van der Waals surface area contributed by atoms with Crippen LogP contribution in [0.1, 0.15) is 44.1 Å². The third kappa shape index (κ3) is 3.48. The monoisotopic (exact) mass is 373 g/mol. The van der Waals surface area contributed by atoms with Crippen LogP contribution in [0.15, 0.2) is 53.3 Å². The van der Waals surface area contributed by atoms with E-state index in [9.17, 15) is 9.59 Å². The second-order valence-corrected chi connectivity index (χ2v) is 7.33. The van der Waals surface area contributed by atoms with E-state index in [2.05, 4.69) is 24.0 Å². The van der Waals surface area contributed by atoms with Crippen molar-refractivity contribution in [3.8, 4) is 0 Å². The second-order valence-electron chi connectivity index (χ2n) is 7.33. The number of H-pyrrole nitrogens is 1. The van der Waals surface area contributed by atoms with E-state index in [1.54, 1.807) is 4.90 Å². The van der Waals surface area contributed by atoms with Crippen molar-refractivity contribution < 1.29 is 4.79 Å². The van der Waals surface area contributed by atoms with Gasteiger partial charge in [-0.25, -0.2) is 4.98 Å². The summed E-state index contributed by atoms with van der Waals surface area (Å²) >= 11 is 0. The number of benzene rings is 2. The van der Waals surface area contributed by atoms with Gasteiger partial charge in [0.1, 0.15) is 5.82 Å². The summed E-state index contributed by atoms with van der Waals surface area (Å²) in [6.07, 6.45) is 1.19. The minimum Gasteiger partial charge on any atom is -0.334 e. The van der Waals surface area contributed by atoms with Crippen LogP contribution in [0.25, 0.3) is 0 Å². The van der Waals surface area contributed by atoms with Crippen molar-refractivity contribution >= 4 is 5.91 Å². The standard InChI is InChI=1S/C23H23N3O2/c1-15-7-3-5-9-17(15)13-21-24-20-11-12-26(14-19(20)22(27)25-21)23(28)18-10-6-4-8-16(18)2/h3-10H,11-14H2,1-2H3,(H,24,25,27). The van der Waals surface area contributed by atoms with E-state index in [-0.39, 0.29) is 11.5 Å². The van der Waals surface area contributed by atoms with Gasteiger partial charge >= 0.3 is 0 Å². The molecule has 0 fully saturated rings. The summed E-state index contributed by atoms with van der Waals surface area (Å²) in [5.41, 5.74) is 5.22. The molecule has 0 atom stereocenters. The molecule has 2 aromatic carbocycles. The summed E-state index contributed by atoms with van der Waals surface area (Å²) in [6.45, 7) is 4.86. The number of carbonyl (C=O) groups is 1. The number of carbonyl (C=O) groups excluding carboxylic acids is 1. The van der Waals surface area contributed by atoms with Crippen molar-refractivity contribution in [2.45, 2.75) is 33.2 Å². The Bertz CT molecular complexity index is 1100. The molecule has 2 heterocycles. The molecule has 1 aliphatic rings. The van der Waals surface area contributed by atoms with Gasteiger partial charge in [-0.1, -0.05) is 42.5 Å². The molecule has 5 heteroatoms. The quantitative estimate of drug-likeness (QED) is 0.767. The SMILES string of the molecule is Cc1ccccc1Cc1nc2c(c(=O)[nH]1)CN(C(=O)c1ccccc1C)CC2. The maximum atomic E-state index is 12.9. The van der Waals surface area contributed by atoms with Gasteiger partial charge in [-0.05, 0) is 36.6 Å². The average molecular weight is 373 g/mol. The molecule has 3 aromatic rings. The van der Waals surface area contributed by atoms with Crippen molar-refractivity contribution in [2.24, 2.45) is 0 Å². The first-order chi connectivity index (χ1) is 13.5. The average Bonchev–Trinajstić information content (AvgIpc) is 2.69.